The van der Waals surface area contributed by atoms with Gasteiger partial charge in [0.05, 0.1) is 37.6 Å². The minimum absolute atomic E-state index is 0.00805. The summed E-state index contributed by atoms with van der Waals surface area (Å²) in [4.78, 5) is 34.3. The second-order valence-electron chi connectivity index (χ2n) is 14.0. The van der Waals surface area contributed by atoms with E-state index < -0.39 is 11.8 Å². The molecule has 1 N–H and O–H groups in total. The largest absolute Gasteiger partial charge is 0.494 e. The topological polar surface area (TPSA) is 134 Å². The van der Waals surface area contributed by atoms with E-state index >= 15 is 0 Å². The number of aldehydes is 2. The number of halogens is 2. The minimum Gasteiger partial charge on any atom is -0.494 e. The number of esters is 1. The second-order valence-corrected chi connectivity index (χ2v) is 15.3. The van der Waals surface area contributed by atoms with E-state index in [4.69, 9.17) is 33.8 Å². The Hall–Kier alpha value is -4.49. The van der Waals surface area contributed by atoms with E-state index in [-0.39, 0.29) is 22.6 Å². The molecule has 56 heavy (non-hydrogen) atoms. The summed E-state index contributed by atoms with van der Waals surface area (Å²) in [5, 5.41) is 9.42. The van der Waals surface area contributed by atoms with Crippen LogP contribution in [-0.2, 0) is 14.2 Å². The number of methoxy groups -OCH3 is 2. The molecule has 4 aromatic rings. The molecule has 3 unspecified atom stereocenters. The normalized spacial score (nSPS) is 20.8. The number of ether oxygens (including phenoxy) is 6. The monoisotopic (exact) mass is 833 g/mol. The number of fused-ring (bicyclic) bond motifs is 2. The van der Waals surface area contributed by atoms with E-state index in [1.54, 1.807) is 7.11 Å². The standard InChI is InChI=1S/C21H24O4.C16H12FNO4.C7H13BrO/c22-13-15-2-4-18-12-19(6-5-17(18)10-15)24-9-1-8-23-14-16-3-7-20-21(11-16)25-20;1-21-15-5-3-11(7-13(15)17)16(20)22-14-4-2-10(9-19)6-12(14)8-18;1-9-7-4-2-6(8)3-5-7/h2,4-6,10,12-13,16,20-21H,1,3,7-9,11,14H2;2-9,18H,1H3;6-7H,2-5H2,1H3. The second kappa shape index (κ2) is 21.7. The van der Waals surface area contributed by atoms with Crippen LogP contribution in [0.5, 0.6) is 17.2 Å². The van der Waals surface area contributed by atoms with Crippen molar-refractivity contribution in [2.24, 2.45) is 5.92 Å². The van der Waals surface area contributed by atoms with Crippen LogP contribution in [0.3, 0.4) is 0 Å². The van der Waals surface area contributed by atoms with E-state index in [0.29, 0.717) is 48.2 Å². The highest BCUT2D eigenvalue weighted by molar-refractivity contribution is 9.09. The zero-order valence-electron chi connectivity index (χ0n) is 31.8. The Balaban J connectivity index is 0.000000177. The van der Waals surface area contributed by atoms with Gasteiger partial charge in [-0.15, -0.1) is 0 Å². The minimum atomic E-state index is -0.775. The molecular formula is C44H49BrFNO9. The smallest absolute Gasteiger partial charge is 0.343 e. The fourth-order valence-corrected chi connectivity index (χ4v) is 7.23. The van der Waals surface area contributed by atoms with Gasteiger partial charge >= 0.3 is 5.97 Å². The Morgan fingerprint density at radius 1 is 0.839 bits per heavy atom. The number of epoxide rings is 1. The number of rotatable bonds is 14. The Morgan fingerprint density at radius 2 is 1.55 bits per heavy atom. The van der Waals surface area contributed by atoms with Crippen molar-refractivity contribution in [3.8, 4) is 17.2 Å². The highest BCUT2D eigenvalue weighted by atomic mass is 79.9. The lowest BCUT2D eigenvalue weighted by Crippen LogP contribution is -2.19. The van der Waals surface area contributed by atoms with Gasteiger partial charge in [0.25, 0.3) is 0 Å². The van der Waals surface area contributed by atoms with Gasteiger partial charge in [-0.3, -0.25) is 9.59 Å². The predicted molar refractivity (Wildman–Crippen MR) is 216 cm³/mol. The molecule has 1 saturated heterocycles. The Labute approximate surface area is 335 Å². The zero-order valence-corrected chi connectivity index (χ0v) is 33.3. The zero-order chi connectivity index (χ0) is 39.9. The van der Waals surface area contributed by atoms with Crippen molar-refractivity contribution in [3.63, 3.8) is 0 Å². The van der Waals surface area contributed by atoms with Crippen molar-refractivity contribution in [2.75, 3.05) is 34.0 Å². The van der Waals surface area contributed by atoms with Crippen LogP contribution in [0.25, 0.3) is 10.8 Å². The number of benzene rings is 4. The van der Waals surface area contributed by atoms with Crippen molar-refractivity contribution < 1.29 is 47.2 Å². The molecule has 0 amide bonds. The maximum atomic E-state index is 13.6. The third-order valence-corrected chi connectivity index (χ3v) is 10.9. The number of alkyl halides is 1. The average Bonchev–Trinajstić information content (AvgIpc) is 4.02. The number of carbonyl (C=O) groups excluding carboxylic acids is 3. The molecule has 12 heteroatoms. The summed E-state index contributed by atoms with van der Waals surface area (Å²) in [5.74, 6) is 0.204. The van der Waals surface area contributed by atoms with Gasteiger partial charge in [0, 0.05) is 54.5 Å². The molecule has 4 aromatic carbocycles. The average molecular weight is 835 g/mol. The molecule has 298 valence electrons. The van der Waals surface area contributed by atoms with Gasteiger partial charge in [0.1, 0.15) is 24.1 Å². The lowest BCUT2D eigenvalue weighted by Gasteiger charge is -2.23. The molecule has 0 spiro atoms. The maximum absolute atomic E-state index is 13.6. The highest BCUT2D eigenvalue weighted by Crippen LogP contribution is 2.39. The number of nitrogens with one attached hydrogen (secondary N) is 1. The van der Waals surface area contributed by atoms with Crippen LogP contribution in [0.2, 0.25) is 0 Å². The van der Waals surface area contributed by atoms with Gasteiger partial charge < -0.3 is 33.8 Å². The van der Waals surface area contributed by atoms with Crippen molar-refractivity contribution in [3.05, 3.63) is 101 Å². The van der Waals surface area contributed by atoms with Crippen LogP contribution in [0, 0.1) is 17.1 Å². The van der Waals surface area contributed by atoms with Crippen molar-refractivity contribution in [1.82, 2.24) is 0 Å². The fourth-order valence-electron chi connectivity index (χ4n) is 6.70. The lowest BCUT2D eigenvalue weighted by atomic mass is 9.90. The SMILES string of the molecule is COC1CCC(Br)CC1.COc1ccc(C(=O)Oc2ccc(C=O)cc2C=N)cc1F.O=Cc1ccc2cc(OCCCOCC3CCC4OC4C3)ccc2c1. The van der Waals surface area contributed by atoms with Crippen LogP contribution >= 0.6 is 15.9 Å². The van der Waals surface area contributed by atoms with Gasteiger partial charge in [-0.05, 0) is 116 Å². The third-order valence-electron chi connectivity index (χ3n) is 9.99. The summed E-state index contributed by atoms with van der Waals surface area (Å²) in [5.41, 5.74) is 1.33. The molecule has 7 rings (SSSR count). The first-order chi connectivity index (χ1) is 27.2. The summed E-state index contributed by atoms with van der Waals surface area (Å²) in [6.07, 6.45) is 13.6. The molecule has 0 bridgehead atoms. The molecule has 3 fully saturated rings. The Kier molecular flexibility index (Phi) is 16.5. The summed E-state index contributed by atoms with van der Waals surface area (Å²) in [7, 11) is 3.13. The molecule has 2 saturated carbocycles. The van der Waals surface area contributed by atoms with E-state index in [2.05, 4.69) is 15.9 Å². The summed E-state index contributed by atoms with van der Waals surface area (Å²) >= 11 is 3.59. The molecule has 3 atom stereocenters. The van der Waals surface area contributed by atoms with Gasteiger partial charge in [0.15, 0.2) is 11.6 Å². The summed E-state index contributed by atoms with van der Waals surface area (Å²) < 4.78 is 45.9. The van der Waals surface area contributed by atoms with Crippen LogP contribution in [-0.4, -0.2) is 81.9 Å². The van der Waals surface area contributed by atoms with E-state index in [9.17, 15) is 18.8 Å². The van der Waals surface area contributed by atoms with Crippen LogP contribution < -0.4 is 14.2 Å². The molecule has 1 aliphatic heterocycles. The first kappa shape index (κ1) is 42.6. The molecule has 10 nitrogen and oxygen atoms in total. The van der Waals surface area contributed by atoms with E-state index in [1.165, 1.54) is 82.4 Å². The molecule has 0 aromatic heterocycles. The number of carbonyl (C=O) groups is 3. The van der Waals surface area contributed by atoms with Crippen LogP contribution in [0.15, 0.2) is 72.8 Å². The Bertz CT molecular complexity index is 1930. The van der Waals surface area contributed by atoms with Gasteiger partial charge in [0.2, 0.25) is 0 Å². The van der Waals surface area contributed by atoms with Crippen molar-refractivity contribution >= 4 is 51.5 Å². The first-order valence-corrected chi connectivity index (χ1v) is 19.8. The predicted octanol–water partition coefficient (Wildman–Crippen LogP) is 9.21. The molecule has 2 aliphatic carbocycles. The maximum Gasteiger partial charge on any atom is 0.343 e. The number of hydrogen-bond donors (Lipinski definition) is 1. The molecule has 0 radical (unpaired) electrons. The summed E-state index contributed by atoms with van der Waals surface area (Å²) in [6, 6.07) is 19.6. The Morgan fingerprint density at radius 3 is 2.25 bits per heavy atom. The van der Waals surface area contributed by atoms with Crippen LogP contribution in [0.4, 0.5) is 4.39 Å². The number of hydrogen-bond acceptors (Lipinski definition) is 10. The van der Waals surface area contributed by atoms with Gasteiger partial charge in [-0.25, -0.2) is 9.18 Å². The highest BCUT2D eigenvalue weighted by Gasteiger charge is 2.43. The lowest BCUT2D eigenvalue weighted by molar-refractivity contribution is 0.0726. The van der Waals surface area contributed by atoms with Crippen molar-refractivity contribution in [2.45, 2.75) is 74.5 Å². The first-order valence-electron chi connectivity index (χ1n) is 18.9. The van der Waals surface area contributed by atoms with E-state index in [0.717, 1.165) is 59.6 Å². The quantitative estimate of drug-likeness (QED) is 0.0251. The van der Waals surface area contributed by atoms with E-state index in [1.807, 2.05) is 36.4 Å². The van der Waals surface area contributed by atoms with Crippen molar-refractivity contribution in [1.29, 1.82) is 5.41 Å². The fraction of sp³-hybridized carbons (Fsp3) is 0.409. The van der Waals surface area contributed by atoms with Gasteiger partial charge in [-0.2, -0.15) is 0 Å². The van der Waals surface area contributed by atoms with Gasteiger partial charge in [-0.1, -0.05) is 34.1 Å². The summed E-state index contributed by atoms with van der Waals surface area (Å²) in [6.45, 7) is 2.24. The van der Waals surface area contributed by atoms with Crippen LogP contribution in [0.1, 0.15) is 88.0 Å². The third kappa shape index (κ3) is 12.8. The molecule has 3 aliphatic rings. The molecule has 1 heterocycles. The molecular weight excluding hydrogens is 785 g/mol.